The number of nitrogens with zero attached hydrogens (tertiary/aromatic N) is 2. The molecule has 0 amide bonds. The SMILES string of the molecule is CC1CCCCN1Cc1cc2cc(C(=O)O)ccc2n1C1CC1. The minimum absolute atomic E-state index is 0.378. The fourth-order valence-corrected chi connectivity index (χ4v) is 3.91. The number of carbonyl (C=O) groups is 1. The highest BCUT2D eigenvalue weighted by Gasteiger charge is 2.29. The summed E-state index contributed by atoms with van der Waals surface area (Å²) in [5.74, 6) is -0.850. The lowest BCUT2D eigenvalue weighted by atomic mass is 10.0. The molecule has 1 saturated carbocycles. The lowest BCUT2D eigenvalue weighted by Crippen LogP contribution is -2.37. The van der Waals surface area contributed by atoms with Crippen molar-refractivity contribution >= 4 is 16.9 Å². The van der Waals surface area contributed by atoms with E-state index < -0.39 is 5.97 Å². The van der Waals surface area contributed by atoms with Crippen LogP contribution in [0.2, 0.25) is 0 Å². The Labute approximate surface area is 136 Å². The topological polar surface area (TPSA) is 45.5 Å². The zero-order valence-corrected chi connectivity index (χ0v) is 13.7. The first-order valence-corrected chi connectivity index (χ1v) is 8.74. The molecule has 0 bridgehead atoms. The Balaban J connectivity index is 1.72. The van der Waals surface area contributed by atoms with E-state index in [9.17, 15) is 9.90 Å². The summed E-state index contributed by atoms with van der Waals surface area (Å²) < 4.78 is 2.46. The number of hydrogen-bond acceptors (Lipinski definition) is 2. The zero-order valence-electron chi connectivity index (χ0n) is 13.7. The van der Waals surface area contributed by atoms with Crippen molar-refractivity contribution in [2.75, 3.05) is 6.54 Å². The Morgan fingerprint density at radius 3 is 2.74 bits per heavy atom. The maximum Gasteiger partial charge on any atom is 0.335 e. The molecule has 1 saturated heterocycles. The van der Waals surface area contributed by atoms with Gasteiger partial charge in [0.1, 0.15) is 0 Å². The minimum Gasteiger partial charge on any atom is -0.478 e. The smallest absolute Gasteiger partial charge is 0.335 e. The fourth-order valence-electron chi connectivity index (χ4n) is 3.91. The van der Waals surface area contributed by atoms with Crippen molar-refractivity contribution in [1.29, 1.82) is 0 Å². The highest BCUT2D eigenvalue weighted by atomic mass is 16.4. The van der Waals surface area contributed by atoms with Crippen LogP contribution in [0.1, 0.15) is 61.1 Å². The maximum atomic E-state index is 11.2. The first-order chi connectivity index (χ1) is 11.1. The van der Waals surface area contributed by atoms with E-state index in [0.717, 1.165) is 11.9 Å². The molecule has 0 radical (unpaired) electrons. The number of aromatic nitrogens is 1. The third-order valence-electron chi connectivity index (χ3n) is 5.38. The summed E-state index contributed by atoms with van der Waals surface area (Å²) in [5.41, 5.74) is 2.92. The first-order valence-electron chi connectivity index (χ1n) is 8.74. The number of aromatic carboxylic acids is 1. The molecule has 1 aromatic heterocycles. The Hall–Kier alpha value is -1.81. The summed E-state index contributed by atoms with van der Waals surface area (Å²) in [7, 11) is 0. The van der Waals surface area contributed by atoms with E-state index in [2.05, 4.69) is 22.5 Å². The number of carboxylic acid groups (broad SMARTS) is 1. The third-order valence-corrected chi connectivity index (χ3v) is 5.38. The normalized spacial score (nSPS) is 22.6. The van der Waals surface area contributed by atoms with Crippen LogP contribution >= 0.6 is 0 Å². The summed E-state index contributed by atoms with van der Waals surface area (Å²) >= 11 is 0. The highest BCUT2D eigenvalue weighted by Crippen LogP contribution is 2.40. The predicted octanol–water partition coefficient (Wildman–Crippen LogP) is 4.05. The maximum absolute atomic E-state index is 11.2. The molecule has 23 heavy (non-hydrogen) atoms. The standard InChI is InChI=1S/C19H24N2O2/c1-13-4-2-3-9-20(13)12-17-11-15-10-14(19(22)23)5-8-18(15)21(17)16-6-7-16/h5,8,10-11,13,16H,2-4,6-7,9,12H2,1H3,(H,22,23). The van der Waals surface area contributed by atoms with E-state index in [-0.39, 0.29) is 0 Å². The molecular weight excluding hydrogens is 288 g/mol. The van der Waals surface area contributed by atoms with E-state index in [1.807, 2.05) is 12.1 Å². The molecule has 1 N–H and O–H groups in total. The van der Waals surface area contributed by atoms with Crippen LogP contribution in [0.15, 0.2) is 24.3 Å². The molecule has 0 spiro atoms. The van der Waals surface area contributed by atoms with Gasteiger partial charge >= 0.3 is 5.97 Å². The van der Waals surface area contributed by atoms with Gasteiger partial charge in [-0.25, -0.2) is 4.79 Å². The van der Waals surface area contributed by atoms with Crippen molar-refractivity contribution in [3.05, 3.63) is 35.5 Å². The number of hydrogen-bond donors (Lipinski definition) is 1. The van der Waals surface area contributed by atoms with Gasteiger partial charge in [-0.2, -0.15) is 0 Å². The third kappa shape index (κ3) is 2.76. The van der Waals surface area contributed by atoms with Crippen LogP contribution in [0.3, 0.4) is 0 Å². The molecule has 1 unspecified atom stereocenters. The van der Waals surface area contributed by atoms with Crippen molar-refractivity contribution in [3.8, 4) is 0 Å². The van der Waals surface area contributed by atoms with Crippen LogP contribution < -0.4 is 0 Å². The Morgan fingerprint density at radius 2 is 2.04 bits per heavy atom. The van der Waals surface area contributed by atoms with Gasteiger partial charge in [-0.3, -0.25) is 4.90 Å². The number of piperidine rings is 1. The number of fused-ring (bicyclic) bond motifs is 1. The molecule has 2 fully saturated rings. The monoisotopic (exact) mass is 312 g/mol. The second-order valence-corrected chi connectivity index (χ2v) is 7.13. The fraction of sp³-hybridized carbons (Fsp3) is 0.526. The van der Waals surface area contributed by atoms with Gasteiger partial charge < -0.3 is 9.67 Å². The molecule has 1 aliphatic heterocycles. The molecule has 1 aromatic carbocycles. The molecule has 4 nitrogen and oxygen atoms in total. The largest absolute Gasteiger partial charge is 0.478 e. The highest BCUT2D eigenvalue weighted by molar-refractivity contribution is 5.94. The van der Waals surface area contributed by atoms with Crippen LogP contribution in [0.4, 0.5) is 0 Å². The summed E-state index contributed by atoms with van der Waals surface area (Å²) in [6.45, 7) is 4.48. The molecule has 2 heterocycles. The number of benzene rings is 1. The van der Waals surface area contributed by atoms with E-state index >= 15 is 0 Å². The van der Waals surface area contributed by atoms with Crippen LogP contribution in [-0.4, -0.2) is 33.1 Å². The van der Waals surface area contributed by atoms with E-state index in [1.54, 1.807) is 6.07 Å². The summed E-state index contributed by atoms with van der Waals surface area (Å²) in [6.07, 6.45) is 6.40. The quantitative estimate of drug-likeness (QED) is 0.926. The van der Waals surface area contributed by atoms with E-state index in [0.29, 0.717) is 17.6 Å². The molecule has 1 atom stereocenters. The summed E-state index contributed by atoms with van der Waals surface area (Å²) in [5, 5.41) is 10.3. The van der Waals surface area contributed by atoms with Gasteiger partial charge in [0.05, 0.1) is 5.56 Å². The van der Waals surface area contributed by atoms with Gasteiger partial charge in [0.25, 0.3) is 0 Å². The van der Waals surface area contributed by atoms with Crippen LogP contribution in [0.5, 0.6) is 0 Å². The average molecular weight is 312 g/mol. The molecule has 2 aliphatic rings. The molecule has 4 rings (SSSR count). The van der Waals surface area contributed by atoms with Crippen LogP contribution in [0.25, 0.3) is 10.9 Å². The number of rotatable bonds is 4. The zero-order chi connectivity index (χ0) is 16.0. The van der Waals surface area contributed by atoms with Gasteiger partial charge in [0.15, 0.2) is 0 Å². The number of carboxylic acids is 1. The minimum atomic E-state index is -0.850. The Kier molecular flexibility index (Phi) is 3.64. The van der Waals surface area contributed by atoms with Crippen molar-refractivity contribution in [2.24, 2.45) is 0 Å². The molecule has 2 aromatic rings. The first kappa shape index (κ1) is 14.8. The lowest BCUT2D eigenvalue weighted by Gasteiger charge is -2.33. The van der Waals surface area contributed by atoms with E-state index in [1.165, 1.54) is 49.9 Å². The van der Waals surface area contributed by atoms with Gasteiger partial charge in [0, 0.05) is 35.2 Å². The van der Waals surface area contributed by atoms with Crippen LogP contribution in [-0.2, 0) is 6.54 Å². The molecule has 4 heteroatoms. The second-order valence-electron chi connectivity index (χ2n) is 7.13. The van der Waals surface area contributed by atoms with Crippen molar-refractivity contribution in [1.82, 2.24) is 9.47 Å². The number of likely N-dealkylation sites (tertiary alicyclic amines) is 1. The average Bonchev–Trinajstić information content (AvgIpc) is 3.30. The second kappa shape index (κ2) is 5.68. The summed E-state index contributed by atoms with van der Waals surface area (Å²) in [4.78, 5) is 13.8. The molecule has 122 valence electrons. The Bertz CT molecular complexity index is 745. The van der Waals surface area contributed by atoms with Gasteiger partial charge in [-0.15, -0.1) is 0 Å². The van der Waals surface area contributed by atoms with Gasteiger partial charge in [0.2, 0.25) is 0 Å². The van der Waals surface area contributed by atoms with E-state index in [4.69, 9.17) is 0 Å². The van der Waals surface area contributed by atoms with Crippen molar-refractivity contribution in [3.63, 3.8) is 0 Å². The predicted molar refractivity (Wildman–Crippen MR) is 90.9 cm³/mol. The summed E-state index contributed by atoms with van der Waals surface area (Å²) in [6, 6.07) is 9.00. The molecule has 1 aliphatic carbocycles. The Morgan fingerprint density at radius 1 is 1.22 bits per heavy atom. The van der Waals surface area contributed by atoms with Crippen LogP contribution in [0, 0.1) is 0 Å². The van der Waals surface area contributed by atoms with Crippen molar-refractivity contribution in [2.45, 2.75) is 57.7 Å². The molecular formula is C19H24N2O2. The van der Waals surface area contributed by atoms with Gasteiger partial charge in [-0.05, 0) is 63.4 Å². The van der Waals surface area contributed by atoms with Gasteiger partial charge in [-0.1, -0.05) is 6.42 Å². The van der Waals surface area contributed by atoms with Crippen molar-refractivity contribution < 1.29 is 9.90 Å². The lowest BCUT2D eigenvalue weighted by molar-refractivity contribution is 0.0697.